The largest absolute Gasteiger partial charge is 0.0786 e. The van der Waals surface area contributed by atoms with E-state index in [2.05, 4.69) is 80.4 Å². The van der Waals surface area contributed by atoms with Gasteiger partial charge in [-0.25, -0.2) is 0 Å². The van der Waals surface area contributed by atoms with E-state index in [1.807, 2.05) is 6.07 Å². The van der Waals surface area contributed by atoms with Gasteiger partial charge < -0.3 is 0 Å². The molecule has 1 aliphatic rings. The molecule has 0 amide bonds. The summed E-state index contributed by atoms with van der Waals surface area (Å²) in [6, 6.07) is 19.0. The number of halogens is 2. The molecule has 0 N–H and O–H groups in total. The maximum absolute atomic E-state index is 3.79. The molecule has 1 unspecified atom stereocenters. The molecule has 84 valence electrons. The molecular weight excluding hydrogens is 340 g/mol. The fraction of sp³-hybridized carbons (Fsp3) is 0.0667. The van der Waals surface area contributed by atoms with Crippen molar-refractivity contribution in [1.82, 2.24) is 0 Å². The molecule has 1 atom stereocenters. The van der Waals surface area contributed by atoms with E-state index in [0.29, 0.717) is 0 Å². The predicted octanol–water partition coefficient (Wildman–Crippen LogP) is 5.40. The molecule has 0 spiro atoms. The standard InChI is InChI=1S/C15H10Br2/c16-14-11-8-4-5-9-12(11)15(17)13(14)10-6-2-1-3-7-10/h1-9,14H. The van der Waals surface area contributed by atoms with E-state index in [9.17, 15) is 0 Å². The van der Waals surface area contributed by atoms with Crippen LogP contribution in [0.2, 0.25) is 0 Å². The van der Waals surface area contributed by atoms with Crippen LogP contribution in [-0.2, 0) is 0 Å². The Morgan fingerprint density at radius 3 is 2.18 bits per heavy atom. The number of rotatable bonds is 1. The summed E-state index contributed by atoms with van der Waals surface area (Å²) in [5.41, 5.74) is 5.19. The predicted molar refractivity (Wildman–Crippen MR) is 80.3 cm³/mol. The minimum absolute atomic E-state index is 0.274. The summed E-state index contributed by atoms with van der Waals surface area (Å²) in [6.45, 7) is 0. The van der Waals surface area contributed by atoms with Crippen molar-refractivity contribution in [3.05, 3.63) is 71.3 Å². The van der Waals surface area contributed by atoms with Gasteiger partial charge in [0.15, 0.2) is 0 Å². The maximum Gasteiger partial charge on any atom is 0.0667 e. The van der Waals surface area contributed by atoms with E-state index >= 15 is 0 Å². The number of hydrogen-bond acceptors (Lipinski definition) is 0. The lowest BCUT2D eigenvalue weighted by atomic mass is 10.0. The molecule has 2 aromatic carbocycles. The third kappa shape index (κ3) is 1.80. The van der Waals surface area contributed by atoms with Crippen molar-refractivity contribution in [2.75, 3.05) is 0 Å². The molecule has 0 fully saturated rings. The average molecular weight is 350 g/mol. The Morgan fingerprint density at radius 1 is 0.824 bits per heavy atom. The van der Waals surface area contributed by atoms with Crippen molar-refractivity contribution in [2.45, 2.75) is 4.83 Å². The number of fused-ring (bicyclic) bond motifs is 1. The molecule has 0 aliphatic heterocycles. The minimum atomic E-state index is 0.274. The lowest BCUT2D eigenvalue weighted by molar-refractivity contribution is 1.30. The van der Waals surface area contributed by atoms with Crippen LogP contribution in [0.3, 0.4) is 0 Å². The highest BCUT2D eigenvalue weighted by Gasteiger charge is 2.28. The Bertz CT molecular complexity index is 585. The molecule has 0 nitrogen and oxygen atoms in total. The van der Waals surface area contributed by atoms with Gasteiger partial charge >= 0.3 is 0 Å². The zero-order chi connectivity index (χ0) is 11.8. The van der Waals surface area contributed by atoms with Gasteiger partial charge in [-0.15, -0.1) is 0 Å². The monoisotopic (exact) mass is 348 g/mol. The number of allylic oxidation sites excluding steroid dienone is 1. The summed E-state index contributed by atoms with van der Waals surface area (Å²) in [4.78, 5) is 0.274. The Labute approximate surface area is 118 Å². The average Bonchev–Trinajstić information content (AvgIpc) is 2.64. The molecule has 17 heavy (non-hydrogen) atoms. The second kappa shape index (κ2) is 4.43. The van der Waals surface area contributed by atoms with E-state index in [-0.39, 0.29) is 4.83 Å². The van der Waals surface area contributed by atoms with Crippen LogP contribution in [0, 0.1) is 0 Å². The molecule has 2 heteroatoms. The first kappa shape index (κ1) is 11.2. The quantitative estimate of drug-likeness (QED) is 0.604. The van der Waals surface area contributed by atoms with Crippen molar-refractivity contribution in [1.29, 1.82) is 0 Å². The van der Waals surface area contributed by atoms with Crippen LogP contribution in [0.15, 0.2) is 54.6 Å². The summed E-state index contributed by atoms with van der Waals surface area (Å²) in [5.74, 6) is 0. The summed E-state index contributed by atoms with van der Waals surface area (Å²) >= 11 is 7.52. The van der Waals surface area contributed by atoms with Crippen molar-refractivity contribution >= 4 is 41.9 Å². The first-order valence-corrected chi connectivity index (χ1v) is 7.18. The molecule has 0 aromatic heterocycles. The fourth-order valence-electron chi connectivity index (χ4n) is 2.22. The molecular formula is C15H10Br2. The minimum Gasteiger partial charge on any atom is -0.0786 e. The van der Waals surface area contributed by atoms with Gasteiger partial charge in [-0.05, 0) is 38.2 Å². The van der Waals surface area contributed by atoms with Gasteiger partial charge in [0.2, 0.25) is 0 Å². The van der Waals surface area contributed by atoms with E-state index in [0.717, 1.165) is 0 Å². The van der Waals surface area contributed by atoms with Crippen molar-refractivity contribution < 1.29 is 0 Å². The van der Waals surface area contributed by atoms with Crippen LogP contribution in [-0.4, -0.2) is 0 Å². The van der Waals surface area contributed by atoms with E-state index < -0.39 is 0 Å². The molecule has 0 bridgehead atoms. The molecule has 0 heterocycles. The van der Waals surface area contributed by atoms with Crippen LogP contribution >= 0.6 is 31.9 Å². The Morgan fingerprint density at radius 2 is 1.47 bits per heavy atom. The van der Waals surface area contributed by atoms with Gasteiger partial charge in [-0.2, -0.15) is 0 Å². The molecule has 2 aromatic rings. The first-order valence-electron chi connectivity index (χ1n) is 5.47. The zero-order valence-electron chi connectivity index (χ0n) is 9.03. The maximum atomic E-state index is 3.79. The van der Waals surface area contributed by atoms with Crippen LogP contribution in [0.5, 0.6) is 0 Å². The van der Waals surface area contributed by atoms with Crippen molar-refractivity contribution in [2.24, 2.45) is 0 Å². The van der Waals surface area contributed by atoms with Crippen molar-refractivity contribution in [3.8, 4) is 0 Å². The van der Waals surface area contributed by atoms with Crippen LogP contribution < -0.4 is 0 Å². The fourth-order valence-corrected chi connectivity index (χ4v) is 4.24. The van der Waals surface area contributed by atoms with E-state index in [4.69, 9.17) is 0 Å². The summed E-state index contributed by atoms with van der Waals surface area (Å²) in [7, 11) is 0. The lowest BCUT2D eigenvalue weighted by Gasteiger charge is -2.09. The number of benzene rings is 2. The SMILES string of the molecule is BrC1=C(c2ccccc2)C(Br)c2ccccc21. The van der Waals surface area contributed by atoms with Gasteiger partial charge in [0.1, 0.15) is 0 Å². The Kier molecular flexibility index (Phi) is 2.93. The van der Waals surface area contributed by atoms with Crippen LogP contribution in [0.4, 0.5) is 0 Å². The highest BCUT2D eigenvalue weighted by atomic mass is 79.9. The molecule has 0 saturated carbocycles. The summed E-state index contributed by atoms with van der Waals surface area (Å²) < 4.78 is 1.20. The second-order valence-corrected chi connectivity index (χ2v) is 5.75. The normalized spacial score (nSPS) is 18.4. The van der Waals surface area contributed by atoms with Crippen LogP contribution in [0.1, 0.15) is 21.5 Å². The lowest BCUT2D eigenvalue weighted by Crippen LogP contribution is -1.89. The topological polar surface area (TPSA) is 0 Å². The molecule has 1 aliphatic carbocycles. The Balaban J connectivity index is 2.18. The summed E-state index contributed by atoms with van der Waals surface area (Å²) in [6.07, 6.45) is 0. The molecule has 0 radical (unpaired) electrons. The number of alkyl halides is 1. The highest BCUT2D eigenvalue weighted by molar-refractivity contribution is 9.15. The molecule has 3 rings (SSSR count). The van der Waals surface area contributed by atoms with E-state index in [1.54, 1.807) is 0 Å². The van der Waals surface area contributed by atoms with E-state index in [1.165, 1.54) is 26.7 Å². The van der Waals surface area contributed by atoms with Gasteiger partial charge in [-0.3, -0.25) is 0 Å². The highest BCUT2D eigenvalue weighted by Crippen LogP contribution is 2.52. The number of hydrogen-bond donors (Lipinski definition) is 0. The third-order valence-corrected chi connectivity index (χ3v) is 4.85. The van der Waals surface area contributed by atoms with Crippen molar-refractivity contribution in [3.63, 3.8) is 0 Å². The smallest absolute Gasteiger partial charge is 0.0667 e. The van der Waals surface area contributed by atoms with Gasteiger partial charge in [0, 0.05) is 4.48 Å². The van der Waals surface area contributed by atoms with Gasteiger partial charge in [0.25, 0.3) is 0 Å². The zero-order valence-corrected chi connectivity index (χ0v) is 12.2. The van der Waals surface area contributed by atoms with Gasteiger partial charge in [0.05, 0.1) is 4.83 Å². The van der Waals surface area contributed by atoms with Gasteiger partial charge in [-0.1, -0.05) is 70.5 Å². The summed E-state index contributed by atoms with van der Waals surface area (Å²) in [5, 5.41) is 0. The molecule has 0 saturated heterocycles. The Hall–Kier alpha value is -0.860. The third-order valence-electron chi connectivity index (χ3n) is 3.05. The second-order valence-electron chi connectivity index (χ2n) is 4.04. The first-order chi connectivity index (χ1) is 8.29. The van der Waals surface area contributed by atoms with Crippen LogP contribution in [0.25, 0.3) is 10.1 Å².